The van der Waals surface area contributed by atoms with Crippen LogP contribution in [0.25, 0.3) is 0 Å². The average Bonchev–Trinajstić information content (AvgIpc) is 2.62. The topological polar surface area (TPSA) is 57.7 Å². The lowest BCUT2D eigenvalue weighted by Crippen LogP contribution is -2.50. The van der Waals surface area contributed by atoms with Crippen molar-refractivity contribution in [3.05, 3.63) is 70.2 Å². The maximum absolute atomic E-state index is 12.6. The van der Waals surface area contributed by atoms with Gasteiger partial charge >= 0.3 is 0 Å². The minimum atomic E-state index is -3.37. The summed E-state index contributed by atoms with van der Waals surface area (Å²) in [6.07, 6.45) is 0. The molecule has 0 aromatic heterocycles. The van der Waals surface area contributed by atoms with E-state index < -0.39 is 10.0 Å². The average molecular weight is 423 g/mol. The van der Waals surface area contributed by atoms with E-state index in [2.05, 4.69) is 15.9 Å². The summed E-state index contributed by atoms with van der Waals surface area (Å²) in [7, 11) is -3.37. The second-order valence-electron chi connectivity index (χ2n) is 5.91. The Balaban J connectivity index is 1.63. The molecule has 0 spiro atoms. The molecule has 1 saturated heterocycles. The van der Waals surface area contributed by atoms with Crippen LogP contribution in [-0.4, -0.2) is 49.7 Å². The summed E-state index contributed by atoms with van der Waals surface area (Å²) in [4.78, 5) is 14.3. The highest BCUT2D eigenvalue weighted by Crippen LogP contribution is 2.20. The Bertz CT molecular complexity index is 848. The van der Waals surface area contributed by atoms with Gasteiger partial charge in [-0.05, 0) is 33.6 Å². The first kappa shape index (κ1) is 18.1. The molecule has 1 aliphatic rings. The van der Waals surface area contributed by atoms with Crippen molar-refractivity contribution in [2.24, 2.45) is 0 Å². The number of rotatable bonds is 4. The van der Waals surface area contributed by atoms with Crippen molar-refractivity contribution < 1.29 is 13.2 Å². The molecular weight excluding hydrogens is 404 g/mol. The van der Waals surface area contributed by atoms with Crippen LogP contribution < -0.4 is 0 Å². The number of amides is 1. The Hall–Kier alpha value is -1.70. The summed E-state index contributed by atoms with van der Waals surface area (Å²) < 4.78 is 27.4. The zero-order valence-electron chi connectivity index (χ0n) is 13.6. The minimum Gasteiger partial charge on any atom is -0.336 e. The largest absolute Gasteiger partial charge is 0.336 e. The number of benzene rings is 2. The highest BCUT2D eigenvalue weighted by molar-refractivity contribution is 9.10. The summed E-state index contributed by atoms with van der Waals surface area (Å²) in [5, 5.41) is 0. The number of carbonyl (C=O) groups excluding carboxylic acids is 1. The van der Waals surface area contributed by atoms with Gasteiger partial charge in [-0.2, -0.15) is 4.31 Å². The van der Waals surface area contributed by atoms with Crippen LogP contribution in [0.15, 0.2) is 59.1 Å². The van der Waals surface area contributed by atoms with Crippen molar-refractivity contribution in [1.82, 2.24) is 9.21 Å². The molecule has 3 rings (SSSR count). The van der Waals surface area contributed by atoms with Crippen molar-refractivity contribution in [1.29, 1.82) is 0 Å². The fourth-order valence-electron chi connectivity index (χ4n) is 2.85. The molecule has 1 aliphatic heterocycles. The molecule has 1 heterocycles. The van der Waals surface area contributed by atoms with Crippen LogP contribution in [-0.2, 0) is 15.8 Å². The highest BCUT2D eigenvalue weighted by atomic mass is 79.9. The van der Waals surface area contributed by atoms with Gasteiger partial charge < -0.3 is 4.90 Å². The lowest BCUT2D eigenvalue weighted by atomic mass is 10.2. The molecule has 2 aromatic carbocycles. The minimum absolute atomic E-state index is 0.00792. The van der Waals surface area contributed by atoms with Gasteiger partial charge in [0.25, 0.3) is 5.91 Å². The van der Waals surface area contributed by atoms with E-state index in [1.807, 2.05) is 48.5 Å². The molecule has 7 heteroatoms. The molecule has 0 aliphatic carbocycles. The van der Waals surface area contributed by atoms with Crippen LogP contribution in [0.4, 0.5) is 0 Å². The van der Waals surface area contributed by atoms with Gasteiger partial charge in [-0.25, -0.2) is 8.42 Å². The molecular formula is C18H19BrN2O3S. The normalized spacial score (nSPS) is 16.0. The number of hydrogen-bond donors (Lipinski definition) is 0. The van der Waals surface area contributed by atoms with Crippen molar-refractivity contribution in [2.75, 3.05) is 26.2 Å². The number of sulfonamides is 1. The van der Waals surface area contributed by atoms with Gasteiger partial charge in [0.2, 0.25) is 10.0 Å². The Kier molecular flexibility index (Phi) is 5.56. The second kappa shape index (κ2) is 7.68. The Morgan fingerprint density at radius 2 is 1.52 bits per heavy atom. The van der Waals surface area contributed by atoms with E-state index in [9.17, 15) is 13.2 Å². The van der Waals surface area contributed by atoms with Gasteiger partial charge in [-0.3, -0.25) is 4.79 Å². The molecule has 1 amide bonds. The molecule has 5 nitrogen and oxygen atoms in total. The maximum Gasteiger partial charge on any atom is 0.255 e. The summed E-state index contributed by atoms with van der Waals surface area (Å²) in [5.41, 5.74) is 1.37. The zero-order valence-corrected chi connectivity index (χ0v) is 16.0. The lowest BCUT2D eigenvalue weighted by molar-refractivity contribution is 0.0697. The van der Waals surface area contributed by atoms with Crippen LogP contribution in [0.2, 0.25) is 0 Å². The second-order valence-corrected chi connectivity index (χ2v) is 8.74. The lowest BCUT2D eigenvalue weighted by Gasteiger charge is -2.34. The van der Waals surface area contributed by atoms with Gasteiger partial charge in [-0.15, -0.1) is 0 Å². The predicted molar refractivity (Wildman–Crippen MR) is 101 cm³/mol. The zero-order chi connectivity index (χ0) is 17.9. The number of carbonyl (C=O) groups is 1. The standard InChI is InChI=1S/C18H19BrN2O3S/c19-17-9-5-4-8-16(17)18(22)20-10-12-21(13-11-20)25(23,24)14-15-6-2-1-3-7-15/h1-9H,10-14H2. The smallest absolute Gasteiger partial charge is 0.255 e. The molecule has 0 bridgehead atoms. The number of halogens is 1. The van der Waals surface area contributed by atoms with E-state index in [4.69, 9.17) is 0 Å². The van der Waals surface area contributed by atoms with E-state index in [1.54, 1.807) is 11.0 Å². The van der Waals surface area contributed by atoms with E-state index >= 15 is 0 Å². The van der Waals surface area contributed by atoms with Gasteiger partial charge in [0.05, 0.1) is 11.3 Å². The fourth-order valence-corrected chi connectivity index (χ4v) is 4.82. The van der Waals surface area contributed by atoms with E-state index in [0.717, 1.165) is 10.0 Å². The van der Waals surface area contributed by atoms with Gasteiger partial charge in [0.15, 0.2) is 0 Å². The van der Waals surface area contributed by atoms with Crippen LogP contribution >= 0.6 is 15.9 Å². The highest BCUT2D eigenvalue weighted by Gasteiger charge is 2.29. The third kappa shape index (κ3) is 4.29. The summed E-state index contributed by atoms with van der Waals surface area (Å²) in [6, 6.07) is 16.4. The number of piperazine rings is 1. The third-order valence-electron chi connectivity index (χ3n) is 4.22. The molecule has 2 aromatic rings. The van der Waals surface area contributed by atoms with Crippen molar-refractivity contribution in [2.45, 2.75) is 5.75 Å². The first-order valence-electron chi connectivity index (χ1n) is 8.03. The van der Waals surface area contributed by atoms with Crippen molar-refractivity contribution in [3.8, 4) is 0 Å². The Morgan fingerprint density at radius 1 is 0.920 bits per heavy atom. The first-order valence-corrected chi connectivity index (χ1v) is 10.4. The van der Waals surface area contributed by atoms with Crippen LogP contribution in [0, 0.1) is 0 Å². The molecule has 0 unspecified atom stereocenters. The summed E-state index contributed by atoms with van der Waals surface area (Å²) in [5.74, 6) is -0.0842. The number of hydrogen-bond acceptors (Lipinski definition) is 3. The summed E-state index contributed by atoms with van der Waals surface area (Å²) >= 11 is 3.39. The van der Waals surface area contributed by atoms with Crippen molar-refractivity contribution >= 4 is 31.9 Å². The van der Waals surface area contributed by atoms with Crippen LogP contribution in [0.1, 0.15) is 15.9 Å². The number of nitrogens with zero attached hydrogens (tertiary/aromatic N) is 2. The van der Waals surface area contributed by atoms with Gasteiger partial charge in [0, 0.05) is 30.7 Å². The SMILES string of the molecule is O=C(c1ccccc1Br)N1CCN(S(=O)(=O)Cc2ccccc2)CC1. The Labute approximate surface area is 156 Å². The molecule has 0 N–H and O–H groups in total. The van der Waals surface area contributed by atoms with E-state index in [1.165, 1.54) is 4.31 Å². The fraction of sp³-hybridized carbons (Fsp3) is 0.278. The Morgan fingerprint density at radius 3 is 2.16 bits per heavy atom. The third-order valence-corrected chi connectivity index (χ3v) is 6.76. The van der Waals surface area contributed by atoms with Crippen LogP contribution in [0.3, 0.4) is 0 Å². The van der Waals surface area contributed by atoms with E-state index in [0.29, 0.717) is 31.7 Å². The predicted octanol–water partition coefficient (Wildman–Crippen LogP) is 2.74. The van der Waals surface area contributed by atoms with Gasteiger partial charge in [-0.1, -0.05) is 42.5 Å². The molecule has 1 fully saturated rings. The van der Waals surface area contributed by atoms with Gasteiger partial charge in [0.1, 0.15) is 0 Å². The molecule has 25 heavy (non-hydrogen) atoms. The summed E-state index contributed by atoms with van der Waals surface area (Å²) in [6.45, 7) is 1.44. The van der Waals surface area contributed by atoms with Crippen molar-refractivity contribution in [3.63, 3.8) is 0 Å². The quantitative estimate of drug-likeness (QED) is 0.760. The first-order chi connectivity index (χ1) is 12.0. The molecule has 132 valence electrons. The molecule has 0 atom stereocenters. The van der Waals surface area contributed by atoms with E-state index in [-0.39, 0.29) is 11.7 Å². The molecule has 0 saturated carbocycles. The maximum atomic E-state index is 12.6. The van der Waals surface area contributed by atoms with Crippen LogP contribution in [0.5, 0.6) is 0 Å². The molecule has 0 radical (unpaired) electrons. The monoisotopic (exact) mass is 422 g/mol.